The second-order valence-corrected chi connectivity index (χ2v) is 5.85. The largest absolute Gasteiger partial charge is 0.416 e. The Morgan fingerprint density at radius 2 is 1.68 bits per heavy atom. The Hall–Kier alpha value is -3.50. The molecule has 0 aliphatic carbocycles. The molecule has 0 atom stereocenters. The number of amides is 1. The molecule has 2 aromatic rings. The predicted molar refractivity (Wildman–Crippen MR) is 92.0 cm³/mol. The maximum Gasteiger partial charge on any atom is 0.416 e. The van der Waals surface area contributed by atoms with Crippen LogP contribution in [0, 0.1) is 27.2 Å². The SMILES string of the molecule is Cc1c(C(=O)NCCc2ccc(C(F)(F)F)cc2)cc([N+](=O)[O-])cc1[N+](=O)[O-]. The van der Waals surface area contributed by atoms with Crippen LogP contribution in [0.4, 0.5) is 24.5 Å². The normalized spacial score (nSPS) is 11.1. The van der Waals surface area contributed by atoms with Crippen molar-refractivity contribution >= 4 is 17.3 Å². The van der Waals surface area contributed by atoms with Crippen molar-refractivity contribution < 1.29 is 27.8 Å². The molecule has 0 fully saturated rings. The summed E-state index contributed by atoms with van der Waals surface area (Å²) in [6, 6.07) is 6.11. The maximum atomic E-state index is 12.5. The van der Waals surface area contributed by atoms with Crippen LogP contribution in [-0.4, -0.2) is 22.3 Å². The van der Waals surface area contributed by atoms with Crippen LogP contribution in [0.15, 0.2) is 36.4 Å². The van der Waals surface area contributed by atoms with Crippen LogP contribution in [0.2, 0.25) is 0 Å². The van der Waals surface area contributed by atoms with Crippen LogP contribution in [-0.2, 0) is 12.6 Å². The van der Waals surface area contributed by atoms with Crippen LogP contribution in [0.1, 0.15) is 27.0 Å². The Labute approximate surface area is 156 Å². The lowest BCUT2D eigenvalue weighted by Crippen LogP contribution is -2.26. The van der Waals surface area contributed by atoms with Crippen LogP contribution in [0.25, 0.3) is 0 Å². The first kappa shape index (κ1) is 20.8. The van der Waals surface area contributed by atoms with E-state index >= 15 is 0 Å². The molecule has 28 heavy (non-hydrogen) atoms. The Morgan fingerprint density at radius 1 is 1.07 bits per heavy atom. The number of nitro groups is 2. The predicted octanol–water partition coefficient (Wildman–Crippen LogP) is 3.80. The first-order valence-corrected chi connectivity index (χ1v) is 7.88. The van der Waals surface area contributed by atoms with E-state index in [9.17, 15) is 38.2 Å². The summed E-state index contributed by atoms with van der Waals surface area (Å²) in [7, 11) is 0. The molecule has 0 unspecified atom stereocenters. The van der Waals surface area contributed by atoms with Gasteiger partial charge in [0.2, 0.25) is 0 Å². The number of nitro benzene ring substituents is 2. The monoisotopic (exact) mass is 397 g/mol. The zero-order valence-electron chi connectivity index (χ0n) is 14.4. The number of hydrogen-bond donors (Lipinski definition) is 1. The molecule has 0 aliphatic rings. The smallest absolute Gasteiger partial charge is 0.352 e. The molecule has 0 saturated carbocycles. The second kappa shape index (κ2) is 8.03. The highest BCUT2D eigenvalue weighted by molar-refractivity contribution is 5.97. The minimum atomic E-state index is -4.44. The van der Waals surface area contributed by atoms with Crippen molar-refractivity contribution in [2.24, 2.45) is 0 Å². The summed E-state index contributed by atoms with van der Waals surface area (Å²) in [5, 5.41) is 24.4. The number of halogens is 3. The van der Waals surface area contributed by atoms with Crippen LogP contribution in [0.5, 0.6) is 0 Å². The van der Waals surface area contributed by atoms with E-state index in [2.05, 4.69) is 5.32 Å². The van der Waals surface area contributed by atoms with E-state index in [4.69, 9.17) is 0 Å². The Morgan fingerprint density at radius 3 is 2.18 bits per heavy atom. The molecule has 11 heteroatoms. The number of carbonyl (C=O) groups is 1. The van der Waals surface area contributed by atoms with E-state index < -0.39 is 38.9 Å². The molecule has 0 aromatic heterocycles. The minimum Gasteiger partial charge on any atom is -0.352 e. The molecule has 1 amide bonds. The summed E-state index contributed by atoms with van der Waals surface area (Å²) in [5.74, 6) is -0.754. The van der Waals surface area contributed by atoms with Gasteiger partial charge in [-0.1, -0.05) is 12.1 Å². The zero-order valence-corrected chi connectivity index (χ0v) is 14.4. The average Bonchev–Trinajstić information content (AvgIpc) is 2.61. The average molecular weight is 397 g/mol. The quantitative estimate of drug-likeness (QED) is 0.588. The lowest BCUT2D eigenvalue weighted by Gasteiger charge is -2.09. The van der Waals surface area contributed by atoms with Crippen molar-refractivity contribution in [3.63, 3.8) is 0 Å². The number of rotatable bonds is 6. The van der Waals surface area contributed by atoms with Crippen LogP contribution in [0.3, 0.4) is 0 Å². The molecule has 1 N–H and O–H groups in total. The van der Waals surface area contributed by atoms with E-state index in [1.807, 2.05) is 0 Å². The molecule has 0 saturated heterocycles. The minimum absolute atomic E-state index is 0.0253. The van der Waals surface area contributed by atoms with E-state index in [1.165, 1.54) is 19.1 Å². The third-order valence-electron chi connectivity index (χ3n) is 4.00. The molecule has 0 aliphatic heterocycles. The zero-order chi connectivity index (χ0) is 21.1. The van der Waals surface area contributed by atoms with Gasteiger partial charge in [-0.3, -0.25) is 25.0 Å². The molecule has 0 spiro atoms. The Kier molecular flexibility index (Phi) is 5.96. The highest BCUT2D eigenvalue weighted by atomic mass is 19.4. The van der Waals surface area contributed by atoms with Crippen molar-refractivity contribution in [3.8, 4) is 0 Å². The fraction of sp³-hybridized carbons (Fsp3) is 0.235. The second-order valence-electron chi connectivity index (χ2n) is 5.85. The van der Waals surface area contributed by atoms with Crippen molar-refractivity contribution in [1.29, 1.82) is 0 Å². The highest BCUT2D eigenvalue weighted by Crippen LogP contribution is 2.29. The van der Waals surface area contributed by atoms with Gasteiger partial charge in [-0.15, -0.1) is 0 Å². The van der Waals surface area contributed by atoms with E-state index in [0.29, 0.717) is 5.56 Å². The van der Waals surface area contributed by atoms with Gasteiger partial charge in [-0.25, -0.2) is 0 Å². The van der Waals surface area contributed by atoms with Crippen molar-refractivity contribution in [1.82, 2.24) is 5.32 Å². The number of benzene rings is 2. The van der Waals surface area contributed by atoms with Gasteiger partial charge in [0.25, 0.3) is 17.3 Å². The summed E-state index contributed by atoms with van der Waals surface area (Å²) >= 11 is 0. The molecule has 0 radical (unpaired) electrons. The van der Waals surface area contributed by atoms with Gasteiger partial charge in [0, 0.05) is 18.2 Å². The standard InChI is InChI=1S/C17H14F3N3O5/c1-10-14(8-13(22(25)26)9-15(10)23(27)28)16(24)21-7-6-11-2-4-12(5-3-11)17(18,19)20/h2-5,8-9H,6-7H2,1H3,(H,21,24). The number of nitrogens with one attached hydrogen (secondary N) is 1. The fourth-order valence-corrected chi connectivity index (χ4v) is 2.49. The fourth-order valence-electron chi connectivity index (χ4n) is 2.49. The van der Waals surface area contributed by atoms with Crippen LogP contribution >= 0.6 is 0 Å². The third kappa shape index (κ3) is 4.81. The van der Waals surface area contributed by atoms with Gasteiger partial charge in [0.15, 0.2) is 0 Å². The van der Waals surface area contributed by atoms with Gasteiger partial charge >= 0.3 is 6.18 Å². The number of alkyl halides is 3. The third-order valence-corrected chi connectivity index (χ3v) is 4.00. The Balaban J connectivity index is 2.11. The van der Waals surface area contributed by atoms with Crippen molar-refractivity contribution in [3.05, 3.63) is 78.9 Å². The number of nitrogens with zero attached hydrogens (tertiary/aromatic N) is 2. The lowest BCUT2D eigenvalue weighted by atomic mass is 10.0. The lowest BCUT2D eigenvalue weighted by molar-refractivity contribution is -0.394. The molecule has 0 heterocycles. The summed E-state index contributed by atoms with van der Waals surface area (Å²) in [4.78, 5) is 32.6. The van der Waals surface area contributed by atoms with Gasteiger partial charge in [0.1, 0.15) is 0 Å². The van der Waals surface area contributed by atoms with E-state index in [1.54, 1.807) is 0 Å². The van der Waals surface area contributed by atoms with Crippen LogP contribution < -0.4 is 5.32 Å². The van der Waals surface area contributed by atoms with Crippen molar-refractivity contribution in [2.45, 2.75) is 19.5 Å². The van der Waals surface area contributed by atoms with Gasteiger partial charge < -0.3 is 5.32 Å². The summed E-state index contributed by atoms with van der Waals surface area (Å²) < 4.78 is 37.6. The summed E-state index contributed by atoms with van der Waals surface area (Å²) in [5.41, 5.74) is -1.64. The number of hydrogen-bond acceptors (Lipinski definition) is 5. The number of non-ortho nitro benzene ring substituents is 1. The first-order valence-electron chi connectivity index (χ1n) is 7.88. The molecular formula is C17H14F3N3O5. The molecule has 0 bridgehead atoms. The highest BCUT2D eigenvalue weighted by Gasteiger charge is 2.30. The number of carbonyl (C=O) groups excluding carboxylic acids is 1. The maximum absolute atomic E-state index is 12.5. The van der Waals surface area contributed by atoms with Gasteiger partial charge in [-0.05, 0) is 31.0 Å². The molecule has 8 nitrogen and oxygen atoms in total. The Bertz CT molecular complexity index is 927. The first-order chi connectivity index (χ1) is 13.0. The molecule has 2 aromatic carbocycles. The van der Waals surface area contributed by atoms with Gasteiger partial charge in [-0.2, -0.15) is 13.2 Å². The van der Waals surface area contributed by atoms with Gasteiger partial charge in [0.05, 0.1) is 27.0 Å². The van der Waals surface area contributed by atoms with E-state index in [-0.39, 0.29) is 24.1 Å². The summed E-state index contributed by atoms with van der Waals surface area (Å²) in [6.07, 6.45) is -4.24. The summed E-state index contributed by atoms with van der Waals surface area (Å²) in [6.45, 7) is 1.33. The topological polar surface area (TPSA) is 115 Å². The van der Waals surface area contributed by atoms with Crippen molar-refractivity contribution in [2.75, 3.05) is 6.54 Å². The molecule has 148 valence electrons. The molecule has 2 rings (SSSR count). The van der Waals surface area contributed by atoms with E-state index in [0.717, 1.165) is 24.3 Å². The molecular weight excluding hydrogens is 383 g/mol.